The number of pyridine rings is 1. The fourth-order valence-electron chi connectivity index (χ4n) is 2.40. The highest BCUT2D eigenvalue weighted by Gasteiger charge is 2.20. The van der Waals surface area contributed by atoms with Crippen LogP contribution < -0.4 is 10.6 Å². The van der Waals surface area contributed by atoms with Crippen molar-refractivity contribution in [2.45, 2.75) is 39.7 Å². The summed E-state index contributed by atoms with van der Waals surface area (Å²) < 4.78 is 0. The number of aromatic nitrogens is 1. The number of guanidine groups is 1. The third-order valence-electron chi connectivity index (χ3n) is 4.00. The molecule has 0 spiro atoms. The fraction of sp³-hybridized carbons (Fsp3) is 0.400. The minimum absolute atomic E-state index is 0. The lowest BCUT2D eigenvalue weighted by molar-refractivity contribution is 0.508. The highest BCUT2D eigenvalue weighted by molar-refractivity contribution is 14.0. The van der Waals surface area contributed by atoms with Gasteiger partial charge in [-0.3, -0.25) is 4.98 Å². The van der Waals surface area contributed by atoms with E-state index in [0.29, 0.717) is 6.54 Å². The topological polar surface area (TPSA) is 49.3 Å². The van der Waals surface area contributed by atoms with Crippen molar-refractivity contribution >= 4 is 29.9 Å². The van der Waals surface area contributed by atoms with Crippen molar-refractivity contribution in [3.63, 3.8) is 0 Å². The Balaban J connectivity index is 0.00000312. The molecule has 0 aliphatic rings. The van der Waals surface area contributed by atoms with E-state index in [1.807, 2.05) is 18.2 Å². The molecule has 2 aromatic rings. The number of aryl methyl sites for hydroxylation is 1. The Morgan fingerprint density at radius 1 is 1.08 bits per heavy atom. The maximum Gasteiger partial charge on any atom is 0.191 e. The van der Waals surface area contributed by atoms with Gasteiger partial charge in [-0.1, -0.05) is 49.7 Å². The molecule has 4 nitrogen and oxygen atoms in total. The zero-order chi connectivity index (χ0) is 17.4. The monoisotopic (exact) mass is 452 g/mol. The van der Waals surface area contributed by atoms with Crippen molar-refractivity contribution in [1.82, 2.24) is 15.6 Å². The Bertz CT molecular complexity index is 651. The molecule has 0 saturated heterocycles. The predicted molar refractivity (Wildman–Crippen MR) is 117 cm³/mol. The van der Waals surface area contributed by atoms with Gasteiger partial charge in [0.2, 0.25) is 0 Å². The van der Waals surface area contributed by atoms with Gasteiger partial charge in [0.05, 0.1) is 12.2 Å². The van der Waals surface area contributed by atoms with Crippen molar-refractivity contribution in [1.29, 1.82) is 0 Å². The van der Waals surface area contributed by atoms with Gasteiger partial charge in [0.25, 0.3) is 0 Å². The quantitative estimate of drug-likeness (QED) is 0.395. The molecular formula is C20H29IN4. The molecule has 0 aliphatic heterocycles. The molecule has 0 fully saturated rings. The SMILES string of the molecule is CCNC(=NCc1ccccn1)NCC(C)(C)c1ccc(C)cc1.I. The number of aliphatic imine (C=N–C) groups is 1. The Morgan fingerprint density at radius 3 is 2.40 bits per heavy atom. The van der Waals surface area contributed by atoms with Gasteiger partial charge >= 0.3 is 0 Å². The number of rotatable bonds is 6. The standard InChI is InChI=1S/C20H28N4.HI/c1-5-21-19(23-14-18-8-6-7-13-22-18)24-15-20(3,4)17-11-9-16(2)10-12-17;/h6-13H,5,14-15H2,1-4H3,(H2,21,23,24);1H. The fourth-order valence-corrected chi connectivity index (χ4v) is 2.40. The summed E-state index contributed by atoms with van der Waals surface area (Å²) in [5.41, 5.74) is 3.59. The van der Waals surface area contributed by atoms with Crippen LogP contribution in [0.1, 0.15) is 37.6 Å². The van der Waals surface area contributed by atoms with E-state index in [1.54, 1.807) is 6.20 Å². The summed E-state index contributed by atoms with van der Waals surface area (Å²) in [5.74, 6) is 0.823. The summed E-state index contributed by atoms with van der Waals surface area (Å²) in [4.78, 5) is 8.94. The summed E-state index contributed by atoms with van der Waals surface area (Å²) in [6.07, 6.45) is 1.80. The van der Waals surface area contributed by atoms with E-state index in [1.165, 1.54) is 11.1 Å². The molecule has 5 heteroatoms. The molecule has 1 heterocycles. The minimum atomic E-state index is 0. The number of nitrogens with one attached hydrogen (secondary N) is 2. The van der Waals surface area contributed by atoms with Crippen LogP contribution in [0, 0.1) is 6.92 Å². The van der Waals surface area contributed by atoms with Crippen molar-refractivity contribution < 1.29 is 0 Å². The number of hydrogen-bond donors (Lipinski definition) is 2. The van der Waals surface area contributed by atoms with Gasteiger partial charge in [-0.25, -0.2) is 4.99 Å². The Labute approximate surface area is 168 Å². The number of halogens is 1. The van der Waals surface area contributed by atoms with Crippen LogP contribution in [0.25, 0.3) is 0 Å². The van der Waals surface area contributed by atoms with E-state index in [0.717, 1.165) is 24.7 Å². The lowest BCUT2D eigenvalue weighted by Crippen LogP contribution is -2.43. The molecule has 2 N–H and O–H groups in total. The van der Waals surface area contributed by atoms with Gasteiger partial charge < -0.3 is 10.6 Å². The van der Waals surface area contributed by atoms with E-state index < -0.39 is 0 Å². The molecule has 1 aromatic carbocycles. The maximum absolute atomic E-state index is 4.63. The van der Waals surface area contributed by atoms with Gasteiger partial charge in [0.15, 0.2) is 5.96 Å². The van der Waals surface area contributed by atoms with Gasteiger partial charge in [0, 0.05) is 24.7 Å². The zero-order valence-electron chi connectivity index (χ0n) is 15.5. The second-order valence-electron chi connectivity index (χ2n) is 6.62. The molecule has 0 saturated carbocycles. The first kappa shape index (κ1) is 21.4. The molecule has 0 amide bonds. The highest BCUT2D eigenvalue weighted by Crippen LogP contribution is 2.22. The second-order valence-corrected chi connectivity index (χ2v) is 6.62. The van der Waals surface area contributed by atoms with Crippen LogP contribution in [0.15, 0.2) is 53.7 Å². The first-order valence-electron chi connectivity index (χ1n) is 8.50. The third-order valence-corrected chi connectivity index (χ3v) is 4.00. The van der Waals surface area contributed by atoms with E-state index in [-0.39, 0.29) is 29.4 Å². The molecule has 136 valence electrons. The summed E-state index contributed by atoms with van der Waals surface area (Å²) >= 11 is 0. The van der Waals surface area contributed by atoms with Crippen LogP contribution >= 0.6 is 24.0 Å². The molecule has 2 rings (SSSR count). The van der Waals surface area contributed by atoms with Gasteiger partial charge in [0.1, 0.15) is 0 Å². The van der Waals surface area contributed by atoms with Crippen molar-refractivity contribution in [2.75, 3.05) is 13.1 Å². The predicted octanol–water partition coefficient (Wildman–Crippen LogP) is 4.04. The minimum Gasteiger partial charge on any atom is -0.357 e. The number of hydrogen-bond acceptors (Lipinski definition) is 2. The van der Waals surface area contributed by atoms with E-state index in [4.69, 9.17) is 0 Å². The molecule has 0 unspecified atom stereocenters. The maximum atomic E-state index is 4.63. The summed E-state index contributed by atoms with van der Waals surface area (Å²) in [6, 6.07) is 14.6. The zero-order valence-corrected chi connectivity index (χ0v) is 17.9. The smallest absolute Gasteiger partial charge is 0.191 e. The molecular weight excluding hydrogens is 423 g/mol. The summed E-state index contributed by atoms with van der Waals surface area (Å²) in [6.45, 7) is 10.9. The van der Waals surface area contributed by atoms with Crippen LogP contribution in [0.3, 0.4) is 0 Å². The second kappa shape index (κ2) is 10.4. The molecule has 0 aliphatic carbocycles. The molecule has 0 radical (unpaired) electrons. The highest BCUT2D eigenvalue weighted by atomic mass is 127. The summed E-state index contributed by atoms with van der Waals surface area (Å²) in [5, 5.41) is 6.75. The van der Waals surface area contributed by atoms with Gasteiger partial charge in [-0.05, 0) is 31.5 Å². The Kier molecular flexibility index (Phi) is 8.89. The van der Waals surface area contributed by atoms with Crippen molar-refractivity contribution in [3.05, 3.63) is 65.5 Å². The van der Waals surface area contributed by atoms with E-state index in [9.17, 15) is 0 Å². The Morgan fingerprint density at radius 2 is 1.80 bits per heavy atom. The van der Waals surface area contributed by atoms with E-state index >= 15 is 0 Å². The molecule has 25 heavy (non-hydrogen) atoms. The van der Waals surface area contributed by atoms with Gasteiger partial charge in [-0.2, -0.15) is 0 Å². The van der Waals surface area contributed by atoms with Crippen LogP contribution in [0.2, 0.25) is 0 Å². The van der Waals surface area contributed by atoms with Gasteiger partial charge in [-0.15, -0.1) is 24.0 Å². The van der Waals surface area contributed by atoms with Crippen LogP contribution in [-0.2, 0) is 12.0 Å². The third kappa shape index (κ3) is 7.02. The lowest BCUT2D eigenvalue weighted by Gasteiger charge is -2.27. The molecule has 1 aromatic heterocycles. The number of nitrogens with zero attached hydrogens (tertiary/aromatic N) is 2. The summed E-state index contributed by atoms with van der Waals surface area (Å²) in [7, 11) is 0. The first-order valence-corrected chi connectivity index (χ1v) is 8.50. The normalized spacial score (nSPS) is 11.6. The van der Waals surface area contributed by atoms with Crippen LogP contribution in [0.5, 0.6) is 0 Å². The van der Waals surface area contributed by atoms with Crippen molar-refractivity contribution in [3.8, 4) is 0 Å². The lowest BCUT2D eigenvalue weighted by atomic mass is 9.84. The first-order chi connectivity index (χ1) is 11.5. The van der Waals surface area contributed by atoms with Crippen LogP contribution in [-0.4, -0.2) is 24.0 Å². The molecule has 0 bridgehead atoms. The van der Waals surface area contributed by atoms with E-state index in [2.05, 4.69) is 72.6 Å². The average molecular weight is 452 g/mol. The van der Waals surface area contributed by atoms with Crippen molar-refractivity contribution in [2.24, 2.45) is 4.99 Å². The largest absolute Gasteiger partial charge is 0.357 e. The number of benzene rings is 1. The van der Waals surface area contributed by atoms with Crippen LogP contribution in [0.4, 0.5) is 0 Å². The average Bonchev–Trinajstić information content (AvgIpc) is 2.59. The molecule has 0 atom stereocenters. The Hall–Kier alpha value is -1.63.